The highest BCUT2D eigenvalue weighted by molar-refractivity contribution is 5.65. The maximum atomic E-state index is 6.12. The summed E-state index contributed by atoms with van der Waals surface area (Å²) in [6.45, 7) is 5.36. The van der Waals surface area contributed by atoms with Crippen molar-refractivity contribution in [2.45, 2.75) is 32.4 Å². The topological polar surface area (TPSA) is 24.5 Å². The molecular formula is C14H22N2O. The second kappa shape index (κ2) is 4.96. The van der Waals surface area contributed by atoms with Gasteiger partial charge in [-0.05, 0) is 45.5 Å². The van der Waals surface area contributed by atoms with Crippen LogP contribution in [0.4, 0.5) is 5.69 Å². The van der Waals surface area contributed by atoms with E-state index in [9.17, 15) is 0 Å². The molecule has 0 spiro atoms. The Kier molecular flexibility index (Phi) is 3.57. The molecule has 3 nitrogen and oxygen atoms in total. The van der Waals surface area contributed by atoms with E-state index in [4.69, 9.17) is 4.74 Å². The molecule has 0 saturated heterocycles. The fourth-order valence-electron chi connectivity index (χ4n) is 2.48. The third-order valence-electron chi connectivity index (χ3n) is 3.66. The fraction of sp³-hybridized carbons (Fsp3) is 0.571. The van der Waals surface area contributed by atoms with Gasteiger partial charge in [-0.15, -0.1) is 0 Å². The normalized spacial score (nSPS) is 23.2. The first-order chi connectivity index (χ1) is 8.15. The summed E-state index contributed by atoms with van der Waals surface area (Å²) < 4.78 is 6.12. The van der Waals surface area contributed by atoms with Gasteiger partial charge in [0.1, 0.15) is 11.9 Å². The minimum atomic E-state index is 0.266. The number of hydrogen-bond acceptors (Lipinski definition) is 3. The summed E-state index contributed by atoms with van der Waals surface area (Å²) in [4.78, 5) is 2.34. The number of hydrogen-bond donors (Lipinski definition) is 1. The lowest BCUT2D eigenvalue weighted by molar-refractivity contribution is 0.151. The Balaban J connectivity index is 2.26. The van der Waals surface area contributed by atoms with Gasteiger partial charge in [-0.25, -0.2) is 0 Å². The predicted octanol–water partition coefficient (Wildman–Crippen LogP) is 2.19. The molecule has 94 valence electrons. The van der Waals surface area contributed by atoms with Crippen LogP contribution >= 0.6 is 0 Å². The average molecular weight is 234 g/mol. The zero-order valence-corrected chi connectivity index (χ0v) is 11.2. The quantitative estimate of drug-likeness (QED) is 0.867. The minimum Gasteiger partial charge on any atom is -0.486 e. The Morgan fingerprint density at radius 1 is 1.41 bits per heavy atom. The number of rotatable bonds is 3. The Labute approximate surface area is 104 Å². The first kappa shape index (κ1) is 12.2. The summed E-state index contributed by atoms with van der Waals surface area (Å²) in [5.41, 5.74) is 2.52. The molecule has 0 aliphatic carbocycles. The highest BCUT2D eigenvalue weighted by Gasteiger charge is 2.30. The zero-order valence-electron chi connectivity index (χ0n) is 11.2. The molecule has 1 N–H and O–H groups in total. The lowest BCUT2D eigenvalue weighted by atomic mass is 10.0. The third-order valence-corrected chi connectivity index (χ3v) is 3.66. The van der Waals surface area contributed by atoms with Crippen LogP contribution in [0.2, 0.25) is 0 Å². The van der Waals surface area contributed by atoms with Crippen molar-refractivity contribution >= 4 is 5.69 Å². The van der Waals surface area contributed by atoms with Gasteiger partial charge >= 0.3 is 0 Å². The van der Waals surface area contributed by atoms with E-state index in [-0.39, 0.29) is 6.10 Å². The van der Waals surface area contributed by atoms with Gasteiger partial charge in [0.05, 0.1) is 11.7 Å². The van der Waals surface area contributed by atoms with E-state index in [1.54, 1.807) is 0 Å². The largest absolute Gasteiger partial charge is 0.486 e. The van der Waals surface area contributed by atoms with E-state index in [0.717, 1.165) is 18.7 Å². The van der Waals surface area contributed by atoms with Crippen molar-refractivity contribution < 1.29 is 4.74 Å². The molecule has 2 unspecified atom stereocenters. The number of anilines is 1. The molecule has 1 aliphatic heterocycles. The van der Waals surface area contributed by atoms with Crippen LogP contribution in [0.5, 0.6) is 5.75 Å². The maximum absolute atomic E-state index is 6.12. The van der Waals surface area contributed by atoms with E-state index in [1.165, 1.54) is 11.3 Å². The van der Waals surface area contributed by atoms with Crippen LogP contribution < -0.4 is 15.0 Å². The monoisotopic (exact) mass is 234 g/mol. The third kappa shape index (κ3) is 2.25. The molecule has 2 rings (SSSR count). The Hall–Kier alpha value is -1.22. The standard InChI is InChI=1S/C14H22N2O/c1-10-6-5-7-13-14(10)16(4)11(2)12(17-13)8-9-15-3/h5-7,11-12,15H,8-9H2,1-4H3. The SMILES string of the molecule is CNCCC1Oc2cccc(C)c2N(C)C1C. The summed E-state index contributed by atoms with van der Waals surface area (Å²) in [7, 11) is 4.14. The van der Waals surface area contributed by atoms with Crippen molar-refractivity contribution in [2.75, 3.05) is 25.5 Å². The first-order valence-corrected chi connectivity index (χ1v) is 6.29. The van der Waals surface area contributed by atoms with Gasteiger partial charge in [0, 0.05) is 7.05 Å². The van der Waals surface area contributed by atoms with Crippen LogP contribution in [0.15, 0.2) is 18.2 Å². The highest BCUT2D eigenvalue weighted by atomic mass is 16.5. The van der Waals surface area contributed by atoms with Gasteiger partial charge in [-0.3, -0.25) is 0 Å². The van der Waals surface area contributed by atoms with E-state index in [1.807, 2.05) is 7.05 Å². The summed E-state index contributed by atoms with van der Waals surface area (Å²) in [6.07, 6.45) is 1.30. The molecule has 0 bridgehead atoms. The molecule has 1 aromatic carbocycles. The van der Waals surface area contributed by atoms with Crippen molar-refractivity contribution in [3.8, 4) is 5.75 Å². The van der Waals surface area contributed by atoms with Crippen LogP contribution in [0.1, 0.15) is 18.9 Å². The molecule has 3 heteroatoms. The van der Waals surface area contributed by atoms with Gasteiger partial charge in [0.25, 0.3) is 0 Å². The zero-order chi connectivity index (χ0) is 12.4. The molecule has 0 saturated carbocycles. The van der Waals surface area contributed by atoms with Gasteiger partial charge in [0.15, 0.2) is 0 Å². The molecule has 17 heavy (non-hydrogen) atoms. The minimum absolute atomic E-state index is 0.266. The second-order valence-electron chi connectivity index (χ2n) is 4.82. The molecule has 1 aliphatic rings. The maximum Gasteiger partial charge on any atom is 0.143 e. The lowest BCUT2D eigenvalue weighted by Gasteiger charge is -2.40. The second-order valence-corrected chi connectivity index (χ2v) is 4.82. The molecule has 0 aromatic heterocycles. The van der Waals surface area contributed by atoms with Crippen molar-refractivity contribution in [3.05, 3.63) is 23.8 Å². The molecule has 2 atom stereocenters. The molecule has 0 amide bonds. The van der Waals surface area contributed by atoms with Crippen molar-refractivity contribution in [2.24, 2.45) is 0 Å². The summed E-state index contributed by atoms with van der Waals surface area (Å²) in [5, 5.41) is 3.19. The highest BCUT2D eigenvalue weighted by Crippen LogP contribution is 2.38. The number of ether oxygens (including phenoxy) is 1. The first-order valence-electron chi connectivity index (χ1n) is 6.29. The van der Waals surface area contributed by atoms with Crippen LogP contribution in [-0.4, -0.2) is 32.8 Å². The summed E-state index contributed by atoms with van der Waals surface area (Å²) >= 11 is 0. The van der Waals surface area contributed by atoms with Gasteiger partial charge in [0.2, 0.25) is 0 Å². The summed E-state index contributed by atoms with van der Waals surface area (Å²) in [6, 6.07) is 6.68. The molecule has 0 fully saturated rings. The van der Waals surface area contributed by atoms with E-state index < -0.39 is 0 Å². The molecular weight excluding hydrogens is 212 g/mol. The molecule has 0 radical (unpaired) electrons. The molecule has 1 aromatic rings. The summed E-state index contributed by atoms with van der Waals surface area (Å²) in [5.74, 6) is 1.02. The predicted molar refractivity (Wildman–Crippen MR) is 72.0 cm³/mol. The van der Waals surface area contributed by atoms with Crippen LogP contribution in [0, 0.1) is 6.92 Å². The van der Waals surface area contributed by atoms with E-state index in [2.05, 4.69) is 49.3 Å². The molecule has 1 heterocycles. The number of fused-ring (bicyclic) bond motifs is 1. The average Bonchev–Trinajstić information content (AvgIpc) is 2.32. The fourth-order valence-corrected chi connectivity index (χ4v) is 2.48. The van der Waals surface area contributed by atoms with Crippen LogP contribution in [0.3, 0.4) is 0 Å². The van der Waals surface area contributed by atoms with Crippen molar-refractivity contribution in [3.63, 3.8) is 0 Å². The smallest absolute Gasteiger partial charge is 0.143 e. The van der Waals surface area contributed by atoms with E-state index in [0.29, 0.717) is 6.04 Å². The van der Waals surface area contributed by atoms with E-state index >= 15 is 0 Å². The van der Waals surface area contributed by atoms with Crippen molar-refractivity contribution in [1.82, 2.24) is 5.32 Å². The number of aryl methyl sites for hydroxylation is 1. The van der Waals surface area contributed by atoms with Crippen LogP contribution in [0.25, 0.3) is 0 Å². The number of nitrogens with one attached hydrogen (secondary N) is 1. The Morgan fingerprint density at radius 2 is 2.18 bits per heavy atom. The van der Waals surface area contributed by atoms with Crippen LogP contribution in [-0.2, 0) is 0 Å². The number of nitrogens with zero attached hydrogens (tertiary/aromatic N) is 1. The lowest BCUT2D eigenvalue weighted by Crippen LogP contribution is -2.47. The number of likely N-dealkylation sites (N-methyl/N-ethyl adjacent to an activating group) is 1. The Bertz CT molecular complexity index is 392. The van der Waals surface area contributed by atoms with Gasteiger partial charge in [-0.1, -0.05) is 12.1 Å². The Morgan fingerprint density at radius 3 is 2.88 bits per heavy atom. The number of benzene rings is 1. The van der Waals surface area contributed by atoms with Gasteiger partial charge < -0.3 is 15.0 Å². The van der Waals surface area contributed by atoms with Gasteiger partial charge in [-0.2, -0.15) is 0 Å². The number of para-hydroxylation sites is 1. The van der Waals surface area contributed by atoms with Crippen molar-refractivity contribution in [1.29, 1.82) is 0 Å².